The summed E-state index contributed by atoms with van der Waals surface area (Å²) >= 11 is 19.1. The molecule has 0 radical (unpaired) electrons. The maximum atomic E-state index is 12.3. The van der Waals surface area contributed by atoms with Crippen molar-refractivity contribution >= 4 is 51.9 Å². The summed E-state index contributed by atoms with van der Waals surface area (Å²) in [5.74, 6) is -0.198. The molecule has 0 aliphatic rings. The smallest absolute Gasteiger partial charge is 0.196 e. The highest BCUT2D eigenvalue weighted by molar-refractivity contribution is 7.20. The number of carbonyl (C=O) groups excluding carboxylic acids is 1. The van der Waals surface area contributed by atoms with Crippen molar-refractivity contribution in [1.29, 1.82) is 0 Å². The predicted molar refractivity (Wildman–Crippen MR) is 78.7 cm³/mol. The van der Waals surface area contributed by atoms with Crippen LogP contribution in [-0.4, -0.2) is 5.78 Å². The van der Waals surface area contributed by atoms with Gasteiger partial charge >= 0.3 is 0 Å². The summed E-state index contributed by atoms with van der Waals surface area (Å²) in [5, 5.41) is 0.432. The number of halogens is 3. The molecule has 0 saturated carbocycles. The van der Waals surface area contributed by atoms with Crippen LogP contribution in [0.1, 0.15) is 27.0 Å². The minimum atomic E-state index is -0.198. The third-order valence-electron chi connectivity index (χ3n) is 2.73. The second-order valence-corrected chi connectivity index (χ2v) is 6.68. The molecule has 1 heterocycles. The number of hydrogen-bond donors (Lipinski definition) is 0. The van der Waals surface area contributed by atoms with E-state index in [0.29, 0.717) is 24.8 Å². The topological polar surface area (TPSA) is 17.1 Å². The number of aryl methyl sites for hydroxylation is 2. The van der Waals surface area contributed by atoms with Crippen molar-refractivity contribution in [2.75, 3.05) is 0 Å². The van der Waals surface area contributed by atoms with Gasteiger partial charge in [-0.15, -0.1) is 11.3 Å². The lowest BCUT2D eigenvalue weighted by atomic mass is 10.0. The summed E-state index contributed by atoms with van der Waals surface area (Å²) < 4.78 is 0.877. The number of carbonyl (C=O) groups is 1. The molecule has 0 amide bonds. The zero-order valence-corrected chi connectivity index (χ0v) is 12.8. The number of rotatable bonds is 2. The zero-order chi connectivity index (χ0) is 13.4. The quantitative estimate of drug-likeness (QED) is 0.663. The molecule has 0 aliphatic carbocycles. The lowest BCUT2D eigenvalue weighted by Gasteiger charge is -2.07. The molecule has 0 fully saturated rings. The predicted octanol–water partition coefficient (Wildman–Crippen LogP) is 5.56. The van der Waals surface area contributed by atoms with Gasteiger partial charge in [-0.3, -0.25) is 4.79 Å². The number of hydrogen-bond acceptors (Lipinski definition) is 2. The molecule has 0 N–H and O–H groups in total. The van der Waals surface area contributed by atoms with E-state index in [9.17, 15) is 4.79 Å². The summed E-state index contributed by atoms with van der Waals surface area (Å²) in [6.45, 7) is 3.88. The summed E-state index contributed by atoms with van der Waals surface area (Å²) in [6.07, 6.45) is 0. The molecular formula is C13H9Cl3OS. The molecule has 0 saturated heterocycles. The first-order valence-electron chi connectivity index (χ1n) is 5.16. The molecule has 0 atom stereocenters. The average molecular weight is 320 g/mol. The minimum absolute atomic E-state index is 0.198. The zero-order valence-electron chi connectivity index (χ0n) is 9.68. The van der Waals surface area contributed by atoms with Gasteiger partial charge in [0.1, 0.15) is 4.34 Å². The van der Waals surface area contributed by atoms with Gasteiger partial charge < -0.3 is 0 Å². The number of ketones is 1. The Labute approximate surface area is 124 Å². The molecule has 1 aromatic carbocycles. The molecule has 18 heavy (non-hydrogen) atoms. The largest absolute Gasteiger partial charge is 0.288 e. The standard InChI is InChI=1S/C13H9Cl3OS/c1-6-3-8(10(14)4-7(6)2)12(17)9-5-11(15)18-13(9)16/h3-5H,1-2H3. The number of thiophene rings is 1. The fraction of sp³-hybridized carbons (Fsp3) is 0.154. The van der Waals surface area contributed by atoms with Gasteiger partial charge in [-0.25, -0.2) is 0 Å². The Bertz CT molecular complexity index is 631. The van der Waals surface area contributed by atoms with Crippen LogP contribution in [-0.2, 0) is 0 Å². The Hall–Kier alpha value is -0.540. The van der Waals surface area contributed by atoms with Crippen molar-refractivity contribution in [3.05, 3.63) is 54.1 Å². The van der Waals surface area contributed by atoms with E-state index >= 15 is 0 Å². The highest BCUT2D eigenvalue weighted by Gasteiger charge is 2.19. The SMILES string of the molecule is Cc1cc(Cl)c(C(=O)c2cc(Cl)sc2Cl)cc1C. The van der Waals surface area contributed by atoms with Crippen LogP contribution < -0.4 is 0 Å². The van der Waals surface area contributed by atoms with E-state index in [-0.39, 0.29) is 5.78 Å². The first kappa shape index (κ1) is 13.9. The van der Waals surface area contributed by atoms with E-state index in [1.54, 1.807) is 18.2 Å². The monoisotopic (exact) mass is 318 g/mol. The Balaban J connectivity index is 2.53. The van der Waals surface area contributed by atoms with E-state index in [1.165, 1.54) is 11.3 Å². The van der Waals surface area contributed by atoms with Gasteiger partial charge in [0, 0.05) is 5.56 Å². The lowest BCUT2D eigenvalue weighted by Crippen LogP contribution is -2.02. The fourth-order valence-corrected chi connectivity index (χ4v) is 3.36. The van der Waals surface area contributed by atoms with E-state index in [4.69, 9.17) is 34.8 Å². The normalized spacial score (nSPS) is 10.7. The van der Waals surface area contributed by atoms with Gasteiger partial charge in [-0.2, -0.15) is 0 Å². The van der Waals surface area contributed by atoms with Crippen molar-refractivity contribution < 1.29 is 4.79 Å². The van der Waals surface area contributed by atoms with Gasteiger partial charge in [0.25, 0.3) is 0 Å². The Morgan fingerprint density at radius 3 is 2.17 bits per heavy atom. The first-order chi connectivity index (χ1) is 8.40. The summed E-state index contributed by atoms with van der Waals surface area (Å²) in [4.78, 5) is 12.3. The van der Waals surface area contributed by atoms with Crippen molar-refractivity contribution in [2.45, 2.75) is 13.8 Å². The Kier molecular flexibility index (Phi) is 4.02. The van der Waals surface area contributed by atoms with Gasteiger partial charge in [0.05, 0.1) is 14.9 Å². The van der Waals surface area contributed by atoms with Crippen molar-refractivity contribution in [1.82, 2.24) is 0 Å². The van der Waals surface area contributed by atoms with Gasteiger partial charge in [0.15, 0.2) is 5.78 Å². The van der Waals surface area contributed by atoms with Crippen LogP contribution in [0.2, 0.25) is 13.7 Å². The van der Waals surface area contributed by atoms with E-state index in [2.05, 4.69) is 0 Å². The molecule has 1 aromatic heterocycles. The molecule has 94 valence electrons. The van der Waals surface area contributed by atoms with Crippen molar-refractivity contribution in [3.8, 4) is 0 Å². The first-order valence-corrected chi connectivity index (χ1v) is 7.11. The molecule has 2 aromatic rings. The molecule has 5 heteroatoms. The molecule has 0 spiro atoms. The maximum absolute atomic E-state index is 12.3. The maximum Gasteiger partial charge on any atom is 0.196 e. The molecule has 2 rings (SSSR count). The van der Waals surface area contributed by atoms with Gasteiger partial charge in [-0.05, 0) is 43.2 Å². The lowest BCUT2D eigenvalue weighted by molar-refractivity contribution is 0.103. The second kappa shape index (κ2) is 5.22. The van der Waals surface area contributed by atoms with E-state index in [1.807, 2.05) is 13.8 Å². The highest BCUT2D eigenvalue weighted by atomic mass is 35.5. The average Bonchev–Trinajstić information content (AvgIpc) is 2.62. The van der Waals surface area contributed by atoms with Gasteiger partial charge in [0.2, 0.25) is 0 Å². The summed E-state index contributed by atoms with van der Waals surface area (Å²) in [6, 6.07) is 5.14. The molecule has 1 nitrogen and oxygen atoms in total. The van der Waals surface area contributed by atoms with Crippen LogP contribution in [0.4, 0.5) is 0 Å². The summed E-state index contributed by atoms with van der Waals surface area (Å²) in [7, 11) is 0. The molecule has 0 aliphatic heterocycles. The minimum Gasteiger partial charge on any atom is -0.288 e. The third-order valence-corrected chi connectivity index (χ3v) is 4.53. The van der Waals surface area contributed by atoms with Crippen molar-refractivity contribution in [3.63, 3.8) is 0 Å². The van der Waals surface area contributed by atoms with Crippen LogP contribution in [0.5, 0.6) is 0 Å². The number of benzene rings is 1. The van der Waals surface area contributed by atoms with Gasteiger partial charge in [-0.1, -0.05) is 34.8 Å². The second-order valence-electron chi connectivity index (χ2n) is 3.98. The van der Waals surface area contributed by atoms with Crippen LogP contribution in [0.25, 0.3) is 0 Å². The molecule has 0 unspecified atom stereocenters. The Morgan fingerprint density at radius 2 is 1.61 bits per heavy atom. The fourth-order valence-electron chi connectivity index (χ4n) is 1.60. The summed E-state index contributed by atoms with van der Waals surface area (Å²) in [5.41, 5.74) is 2.92. The third kappa shape index (κ3) is 2.57. The van der Waals surface area contributed by atoms with E-state index < -0.39 is 0 Å². The van der Waals surface area contributed by atoms with Crippen LogP contribution in [0.15, 0.2) is 18.2 Å². The van der Waals surface area contributed by atoms with E-state index in [0.717, 1.165) is 11.1 Å². The molecule has 0 bridgehead atoms. The van der Waals surface area contributed by atoms with Crippen LogP contribution in [0.3, 0.4) is 0 Å². The van der Waals surface area contributed by atoms with Crippen molar-refractivity contribution in [2.24, 2.45) is 0 Å². The highest BCUT2D eigenvalue weighted by Crippen LogP contribution is 2.34. The van der Waals surface area contributed by atoms with Crippen LogP contribution >= 0.6 is 46.1 Å². The Morgan fingerprint density at radius 1 is 1.00 bits per heavy atom. The van der Waals surface area contributed by atoms with Crippen LogP contribution in [0, 0.1) is 13.8 Å². The molecular weight excluding hydrogens is 311 g/mol.